The van der Waals surface area contributed by atoms with Gasteiger partial charge in [0.2, 0.25) is 5.91 Å². The van der Waals surface area contributed by atoms with Crippen LogP contribution in [0, 0.1) is 5.82 Å². The lowest BCUT2D eigenvalue weighted by molar-refractivity contribution is -0.115. The van der Waals surface area contributed by atoms with E-state index in [0.29, 0.717) is 21.1 Å². The number of hydrogen-bond donors (Lipinski definition) is 1. The molecular weight excluding hydrogens is 337 g/mol. The third-order valence-electron chi connectivity index (χ3n) is 3.21. The summed E-state index contributed by atoms with van der Waals surface area (Å²) in [4.78, 5) is 32.5. The van der Waals surface area contributed by atoms with Gasteiger partial charge in [-0.15, -0.1) is 11.3 Å². The monoisotopic (exact) mass is 349 g/mol. The molecule has 0 saturated heterocycles. The summed E-state index contributed by atoms with van der Waals surface area (Å²) in [5, 5.41) is 2.20. The summed E-state index contributed by atoms with van der Waals surface area (Å²) >= 11 is 2.49. The molecule has 23 heavy (non-hydrogen) atoms. The zero-order valence-corrected chi connectivity index (χ0v) is 13.7. The largest absolute Gasteiger partial charge is 0.315 e. The topological polar surface area (TPSA) is 66.1 Å². The molecule has 0 unspecified atom stereocenters. The van der Waals surface area contributed by atoms with Gasteiger partial charge < -0.3 is 9.88 Å². The van der Waals surface area contributed by atoms with Gasteiger partial charge in [-0.2, -0.15) is 0 Å². The maximum atomic E-state index is 12.9. The van der Waals surface area contributed by atoms with Crippen molar-refractivity contribution in [1.29, 1.82) is 0 Å². The van der Waals surface area contributed by atoms with Crippen LogP contribution in [0.15, 0.2) is 45.7 Å². The van der Waals surface area contributed by atoms with Gasteiger partial charge in [0.1, 0.15) is 10.5 Å². The Bertz CT molecular complexity index is 905. The standard InChI is InChI=1S/C15H12FN3O2S2/c1-19(10-4-2-9(16)3-5-10)12(20)8-23-15-17-11-6-7-22-13(11)14(21)18-15/h2-7H,8H2,1H3,(H,17,18,21). The highest BCUT2D eigenvalue weighted by atomic mass is 32.2. The van der Waals surface area contributed by atoms with Crippen LogP contribution in [-0.2, 0) is 4.79 Å². The Labute approximate surface area is 139 Å². The SMILES string of the molecule is CN(C(=O)CSc1nc2ccsc2c(=O)[nH]1)c1ccc(F)cc1. The first-order chi connectivity index (χ1) is 11.0. The molecule has 2 heterocycles. The summed E-state index contributed by atoms with van der Waals surface area (Å²) in [6, 6.07) is 7.45. The van der Waals surface area contributed by atoms with Crippen molar-refractivity contribution >= 4 is 44.9 Å². The van der Waals surface area contributed by atoms with Crippen LogP contribution in [0.25, 0.3) is 10.2 Å². The highest BCUT2D eigenvalue weighted by Gasteiger charge is 2.13. The van der Waals surface area contributed by atoms with Gasteiger partial charge in [-0.3, -0.25) is 9.59 Å². The van der Waals surface area contributed by atoms with Crippen LogP contribution < -0.4 is 10.5 Å². The summed E-state index contributed by atoms with van der Waals surface area (Å²) in [6.07, 6.45) is 0. The molecule has 0 fully saturated rings. The van der Waals surface area contributed by atoms with Crippen LogP contribution in [0.2, 0.25) is 0 Å². The molecule has 0 aliphatic rings. The number of aromatic nitrogens is 2. The molecule has 1 amide bonds. The number of nitrogens with one attached hydrogen (secondary N) is 1. The molecule has 5 nitrogen and oxygen atoms in total. The smallest absolute Gasteiger partial charge is 0.269 e. The Morgan fingerprint density at radius 1 is 1.35 bits per heavy atom. The predicted molar refractivity (Wildman–Crippen MR) is 90.8 cm³/mol. The molecule has 118 valence electrons. The second-order valence-electron chi connectivity index (χ2n) is 4.72. The van der Waals surface area contributed by atoms with Crippen molar-refractivity contribution < 1.29 is 9.18 Å². The molecule has 8 heteroatoms. The fourth-order valence-corrected chi connectivity index (χ4v) is 3.46. The number of nitrogens with zero attached hydrogens (tertiary/aromatic N) is 2. The van der Waals surface area contributed by atoms with Crippen LogP contribution in [0.5, 0.6) is 0 Å². The Balaban J connectivity index is 1.70. The number of thiophene rings is 1. The summed E-state index contributed by atoms with van der Waals surface area (Å²) in [6.45, 7) is 0. The van der Waals surface area contributed by atoms with Gasteiger partial charge in [-0.25, -0.2) is 9.37 Å². The van der Waals surface area contributed by atoms with Crippen molar-refractivity contribution in [1.82, 2.24) is 9.97 Å². The first-order valence-electron chi connectivity index (χ1n) is 6.67. The third kappa shape index (κ3) is 3.43. The third-order valence-corrected chi connectivity index (χ3v) is 4.97. The van der Waals surface area contributed by atoms with E-state index in [2.05, 4.69) is 9.97 Å². The highest BCUT2D eigenvalue weighted by molar-refractivity contribution is 7.99. The first-order valence-corrected chi connectivity index (χ1v) is 8.53. The van der Waals surface area contributed by atoms with Crippen LogP contribution in [0.3, 0.4) is 0 Å². The summed E-state index contributed by atoms with van der Waals surface area (Å²) in [7, 11) is 1.62. The lowest BCUT2D eigenvalue weighted by Crippen LogP contribution is -2.28. The minimum Gasteiger partial charge on any atom is -0.315 e. The zero-order chi connectivity index (χ0) is 16.4. The van der Waals surface area contributed by atoms with E-state index in [9.17, 15) is 14.0 Å². The number of amides is 1. The van der Waals surface area contributed by atoms with Crippen molar-refractivity contribution in [2.75, 3.05) is 17.7 Å². The average molecular weight is 349 g/mol. The Morgan fingerprint density at radius 2 is 2.09 bits per heavy atom. The number of benzene rings is 1. The van der Waals surface area contributed by atoms with Gasteiger partial charge in [0.05, 0.1) is 11.3 Å². The predicted octanol–water partition coefficient (Wildman–Crippen LogP) is 2.88. The van der Waals surface area contributed by atoms with Crippen molar-refractivity contribution in [3.05, 3.63) is 51.9 Å². The molecule has 1 N–H and O–H groups in total. The second-order valence-corrected chi connectivity index (χ2v) is 6.60. The van der Waals surface area contributed by atoms with E-state index in [-0.39, 0.29) is 23.0 Å². The molecule has 3 aromatic rings. The van der Waals surface area contributed by atoms with Crippen molar-refractivity contribution in [3.8, 4) is 0 Å². The number of fused-ring (bicyclic) bond motifs is 1. The number of carbonyl (C=O) groups excluding carboxylic acids is 1. The van der Waals surface area contributed by atoms with E-state index >= 15 is 0 Å². The van der Waals surface area contributed by atoms with Crippen molar-refractivity contribution in [2.24, 2.45) is 0 Å². The van der Waals surface area contributed by atoms with E-state index in [4.69, 9.17) is 0 Å². The van der Waals surface area contributed by atoms with Gasteiger partial charge in [0, 0.05) is 12.7 Å². The highest BCUT2D eigenvalue weighted by Crippen LogP contribution is 2.20. The first kappa shape index (κ1) is 15.7. The number of H-pyrrole nitrogens is 1. The molecule has 0 aliphatic heterocycles. The van der Waals surface area contributed by atoms with Gasteiger partial charge in [0.25, 0.3) is 5.56 Å². The molecule has 0 bridgehead atoms. The lowest BCUT2D eigenvalue weighted by atomic mass is 10.3. The van der Waals surface area contributed by atoms with E-state index < -0.39 is 0 Å². The van der Waals surface area contributed by atoms with Crippen LogP contribution in [0.4, 0.5) is 10.1 Å². The quantitative estimate of drug-likeness (QED) is 0.581. The van der Waals surface area contributed by atoms with Crippen molar-refractivity contribution in [2.45, 2.75) is 5.16 Å². The Morgan fingerprint density at radius 3 is 2.83 bits per heavy atom. The number of hydrogen-bond acceptors (Lipinski definition) is 5. The van der Waals surface area contributed by atoms with E-state index in [0.717, 1.165) is 11.8 Å². The van der Waals surface area contributed by atoms with Gasteiger partial charge in [0.15, 0.2) is 5.16 Å². The zero-order valence-electron chi connectivity index (χ0n) is 12.1. The summed E-state index contributed by atoms with van der Waals surface area (Å²) < 4.78 is 13.5. The van der Waals surface area contributed by atoms with E-state index in [1.807, 2.05) is 0 Å². The minimum absolute atomic E-state index is 0.118. The molecule has 0 radical (unpaired) electrons. The van der Waals surface area contributed by atoms with Gasteiger partial charge in [-0.1, -0.05) is 11.8 Å². The number of rotatable bonds is 4. The minimum atomic E-state index is -0.352. The van der Waals surface area contributed by atoms with Crippen molar-refractivity contribution in [3.63, 3.8) is 0 Å². The van der Waals surface area contributed by atoms with Crippen LogP contribution >= 0.6 is 23.1 Å². The Kier molecular flexibility index (Phi) is 4.44. The molecule has 0 saturated carbocycles. The number of anilines is 1. The molecule has 0 aliphatic carbocycles. The lowest BCUT2D eigenvalue weighted by Gasteiger charge is -2.16. The molecule has 0 atom stereocenters. The Hall–Kier alpha value is -2.19. The van der Waals surface area contributed by atoms with Crippen LogP contribution in [0.1, 0.15) is 0 Å². The number of aromatic amines is 1. The maximum Gasteiger partial charge on any atom is 0.269 e. The number of halogens is 1. The van der Waals surface area contributed by atoms with E-state index in [1.54, 1.807) is 18.5 Å². The maximum absolute atomic E-state index is 12.9. The van der Waals surface area contributed by atoms with E-state index in [1.165, 1.54) is 40.5 Å². The van der Waals surface area contributed by atoms with Gasteiger partial charge >= 0.3 is 0 Å². The summed E-state index contributed by atoms with van der Waals surface area (Å²) in [5.74, 6) is -0.406. The van der Waals surface area contributed by atoms with Gasteiger partial charge in [-0.05, 0) is 35.7 Å². The number of thioether (sulfide) groups is 1. The molecule has 0 spiro atoms. The van der Waals surface area contributed by atoms with Crippen LogP contribution in [-0.4, -0.2) is 28.7 Å². The molecule has 2 aromatic heterocycles. The normalized spacial score (nSPS) is 10.9. The number of carbonyl (C=O) groups is 1. The fourth-order valence-electron chi connectivity index (χ4n) is 1.96. The molecule has 3 rings (SSSR count). The average Bonchev–Trinajstić information content (AvgIpc) is 3.02. The molecular formula is C15H12FN3O2S2. The summed E-state index contributed by atoms with van der Waals surface area (Å²) in [5.41, 5.74) is 1.03. The fraction of sp³-hybridized carbons (Fsp3) is 0.133. The second kappa shape index (κ2) is 6.51. The molecule has 1 aromatic carbocycles.